The third-order valence-corrected chi connectivity index (χ3v) is 2.87. The van der Waals surface area contributed by atoms with E-state index in [9.17, 15) is 4.79 Å². The van der Waals surface area contributed by atoms with Crippen molar-refractivity contribution < 1.29 is 4.79 Å². The molecule has 74 valence electrons. The first-order valence-electron chi connectivity index (χ1n) is 4.79. The summed E-state index contributed by atoms with van der Waals surface area (Å²) < 4.78 is 0. The number of benzene rings is 1. The number of halogens is 1. The van der Waals surface area contributed by atoms with E-state index in [-0.39, 0.29) is 6.04 Å². The lowest BCUT2D eigenvalue weighted by Crippen LogP contribution is -2.30. The maximum atomic E-state index is 10.8. The van der Waals surface area contributed by atoms with Crippen LogP contribution in [-0.2, 0) is 4.79 Å². The highest BCUT2D eigenvalue weighted by Crippen LogP contribution is 2.25. The van der Waals surface area contributed by atoms with Gasteiger partial charge in [-0.25, -0.2) is 0 Å². The Labute approximate surface area is 88.5 Å². The molecule has 1 aliphatic heterocycles. The highest BCUT2D eigenvalue weighted by atomic mass is 35.5. The Morgan fingerprint density at radius 2 is 2.07 bits per heavy atom. The number of hydrogen-bond donors (Lipinski definition) is 0. The van der Waals surface area contributed by atoms with Gasteiger partial charge in [-0.1, -0.05) is 11.6 Å². The van der Waals surface area contributed by atoms with Crippen LogP contribution in [0.3, 0.4) is 0 Å². The van der Waals surface area contributed by atoms with E-state index in [1.165, 1.54) is 0 Å². The largest absolute Gasteiger partial charge is 0.362 e. The lowest BCUT2D eigenvalue weighted by molar-refractivity contribution is -0.108. The molecular weight excluding hydrogens is 198 g/mol. The molecule has 0 radical (unpaired) electrons. The second-order valence-corrected chi connectivity index (χ2v) is 3.95. The van der Waals surface area contributed by atoms with E-state index in [1.807, 2.05) is 24.3 Å². The minimum absolute atomic E-state index is 0.0520. The fourth-order valence-corrected chi connectivity index (χ4v) is 2.01. The number of hydrogen-bond acceptors (Lipinski definition) is 2. The predicted octanol–water partition coefficient (Wildman–Crippen LogP) is 2.51. The molecule has 1 aliphatic rings. The van der Waals surface area contributed by atoms with Gasteiger partial charge in [0.05, 0.1) is 6.04 Å². The van der Waals surface area contributed by atoms with Gasteiger partial charge in [0.1, 0.15) is 6.29 Å². The highest BCUT2D eigenvalue weighted by molar-refractivity contribution is 6.30. The van der Waals surface area contributed by atoms with Crippen molar-refractivity contribution in [3.8, 4) is 0 Å². The van der Waals surface area contributed by atoms with Gasteiger partial charge >= 0.3 is 0 Å². The van der Waals surface area contributed by atoms with Gasteiger partial charge < -0.3 is 9.69 Å². The molecule has 2 nitrogen and oxygen atoms in total. The third kappa shape index (κ3) is 1.75. The summed E-state index contributed by atoms with van der Waals surface area (Å²) in [6.45, 7) is 0.963. The van der Waals surface area contributed by atoms with E-state index < -0.39 is 0 Å². The first-order chi connectivity index (χ1) is 6.81. The Morgan fingerprint density at radius 1 is 1.36 bits per heavy atom. The van der Waals surface area contributed by atoms with Crippen molar-refractivity contribution in [3.05, 3.63) is 29.3 Å². The topological polar surface area (TPSA) is 20.3 Å². The molecule has 14 heavy (non-hydrogen) atoms. The molecule has 0 amide bonds. The molecule has 0 saturated carbocycles. The van der Waals surface area contributed by atoms with Gasteiger partial charge in [0, 0.05) is 17.3 Å². The maximum Gasteiger partial charge on any atom is 0.142 e. The molecule has 0 N–H and O–H groups in total. The van der Waals surface area contributed by atoms with E-state index in [2.05, 4.69) is 4.90 Å². The Hall–Kier alpha value is -1.02. The Morgan fingerprint density at radius 3 is 2.71 bits per heavy atom. The van der Waals surface area contributed by atoms with Gasteiger partial charge in [-0.3, -0.25) is 0 Å². The van der Waals surface area contributed by atoms with Crippen LogP contribution in [0.2, 0.25) is 5.02 Å². The van der Waals surface area contributed by atoms with Gasteiger partial charge in [-0.2, -0.15) is 0 Å². The monoisotopic (exact) mass is 209 g/mol. The zero-order chi connectivity index (χ0) is 9.97. The minimum Gasteiger partial charge on any atom is -0.362 e. The van der Waals surface area contributed by atoms with Gasteiger partial charge in [0.2, 0.25) is 0 Å². The fourth-order valence-electron chi connectivity index (χ4n) is 1.89. The molecule has 2 rings (SSSR count). The summed E-state index contributed by atoms with van der Waals surface area (Å²) in [4.78, 5) is 12.9. The summed E-state index contributed by atoms with van der Waals surface area (Å²) in [5.41, 5.74) is 1.09. The number of nitrogens with zero attached hydrogens (tertiary/aromatic N) is 1. The smallest absolute Gasteiger partial charge is 0.142 e. The lowest BCUT2D eigenvalue weighted by atomic mass is 10.2. The Balaban J connectivity index is 2.21. The molecule has 1 aromatic carbocycles. The van der Waals surface area contributed by atoms with Crippen LogP contribution in [0.25, 0.3) is 0 Å². The van der Waals surface area contributed by atoms with Crippen molar-refractivity contribution in [2.75, 3.05) is 11.4 Å². The van der Waals surface area contributed by atoms with Gasteiger partial charge in [-0.15, -0.1) is 0 Å². The molecule has 1 aromatic rings. The number of carbonyl (C=O) groups is 1. The molecule has 0 bridgehead atoms. The summed E-state index contributed by atoms with van der Waals surface area (Å²) in [6, 6.07) is 7.69. The molecule has 1 saturated heterocycles. The summed E-state index contributed by atoms with van der Waals surface area (Å²) in [5, 5.41) is 0.732. The van der Waals surface area contributed by atoms with Crippen LogP contribution in [0.4, 0.5) is 5.69 Å². The lowest BCUT2D eigenvalue weighted by Gasteiger charge is -2.22. The first kappa shape index (κ1) is 9.53. The summed E-state index contributed by atoms with van der Waals surface area (Å²) >= 11 is 5.80. The van der Waals surface area contributed by atoms with E-state index in [1.54, 1.807) is 0 Å². The van der Waals surface area contributed by atoms with Gasteiger partial charge in [0.25, 0.3) is 0 Å². The molecule has 0 unspecified atom stereocenters. The van der Waals surface area contributed by atoms with E-state index >= 15 is 0 Å². The molecule has 1 heterocycles. The van der Waals surface area contributed by atoms with Crippen LogP contribution in [0.15, 0.2) is 24.3 Å². The van der Waals surface area contributed by atoms with Crippen LogP contribution in [-0.4, -0.2) is 18.9 Å². The second kappa shape index (κ2) is 4.01. The van der Waals surface area contributed by atoms with E-state index in [0.717, 1.165) is 36.4 Å². The third-order valence-electron chi connectivity index (χ3n) is 2.61. The molecular formula is C11H12ClNO. The van der Waals surface area contributed by atoms with Crippen molar-refractivity contribution in [1.29, 1.82) is 0 Å². The van der Waals surface area contributed by atoms with Crippen molar-refractivity contribution in [2.45, 2.75) is 18.9 Å². The van der Waals surface area contributed by atoms with Crippen molar-refractivity contribution in [1.82, 2.24) is 0 Å². The average molecular weight is 210 g/mol. The molecule has 0 spiro atoms. The molecule has 1 fully saturated rings. The summed E-state index contributed by atoms with van der Waals surface area (Å²) in [7, 11) is 0. The normalized spacial score (nSPS) is 21.2. The summed E-state index contributed by atoms with van der Waals surface area (Å²) in [6.07, 6.45) is 3.08. The molecule has 1 atom stereocenters. The number of aldehydes is 1. The van der Waals surface area contributed by atoms with Crippen LogP contribution >= 0.6 is 11.6 Å². The number of carbonyl (C=O) groups excluding carboxylic acids is 1. The predicted molar refractivity (Wildman–Crippen MR) is 57.9 cm³/mol. The average Bonchev–Trinajstić information content (AvgIpc) is 2.67. The van der Waals surface area contributed by atoms with Crippen LogP contribution in [0.1, 0.15) is 12.8 Å². The highest BCUT2D eigenvalue weighted by Gasteiger charge is 2.23. The van der Waals surface area contributed by atoms with Crippen molar-refractivity contribution in [2.24, 2.45) is 0 Å². The van der Waals surface area contributed by atoms with Gasteiger partial charge in [-0.05, 0) is 37.1 Å². The zero-order valence-corrected chi connectivity index (χ0v) is 8.57. The standard InChI is InChI=1S/C11H12ClNO/c12-9-3-5-10(6-4-9)13-7-1-2-11(13)8-14/h3-6,8,11H,1-2,7H2/t11-/m0/s1. The molecule has 0 aliphatic carbocycles. The SMILES string of the molecule is O=C[C@@H]1CCCN1c1ccc(Cl)cc1. The van der Waals surface area contributed by atoms with Crippen molar-refractivity contribution >= 4 is 23.6 Å². The first-order valence-corrected chi connectivity index (χ1v) is 5.16. The maximum absolute atomic E-state index is 10.8. The van der Waals surface area contributed by atoms with Crippen LogP contribution in [0, 0.1) is 0 Å². The molecule has 0 aromatic heterocycles. The fraction of sp³-hybridized carbons (Fsp3) is 0.364. The number of rotatable bonds is 2. The molecule has 3 heteroatoms. The summed E-state index contributed by atoms with van der Waals surface area (Å²) in [5.74, 6) is 0. The van der Waals surface area contributed by atoms with Crippen LogP contribution < -0.4 is 4.90 Å². The Bertz CT molecular complexity index is 323. The number of anilines is 1. The minimum atomic E-state index is 0.0520. The van der Waals surface area contributed by atoms with E-state index in [4.69, 9.17) is 11.6 Å². The van der Waals surface area contributed by atoms with Crippen LogP contribution in [0.5, 0.6) is 0 Å². The quantitative estimate of drug-likeness (QED) is 0.698. The Kier molecular flexibility index (Phi) is 2.73. The van der Waals surface area contributed by atoms with E-state index in [0.29, 0.717) is 0 Å². The van der Waals surface area contributed by atoms with Crippen molar-refractivity contribution in [3.63, 3.8) is 0 Å². The second-order valence-electron chi connectivity index (χ2n) is 3.52. The zero-order valence-electron chi connectivity index (χ0n) is 7.82. The van der Waals surface area contributed by atoms with Gasteiger partial charge in [0.15, 0.2) is 0 Å².